The second-order valence-corrected chi connectivity index (χ2v) is 16.4. The Hall–Kier alpha value is -8.42. The van der Waals surface area contributed by atoms with E-state index in [0.29, 0.717) is 44.6 Å². The molecular weight excluding hydrogens is 961 g/mol. The average Bonchev–Trinajstić information content (AvgIpc) is 4.29. The van der Waals surface area contributed by atoms with Gasteiger partial charge in [0.25, 0.3) is 11.8 Å². The standard InChI is InChI=1S/C25H23N5O6.C25H23N5O5.CH4O2/c31-12-17(32)21-18(35-25(34)16-9-5-2-6-10-16)11-19(36-21)30-14-28-20-22(26-13-27-23(20)30)29-24(33)15-7-3-1-4-8-15;1-15(31)21-18(34-25(33)17-10-6-3-7-11-17)12-19(35-21)30-14-28-20-22(26-13-27-23(20)30)29-24(32)16-8-4-2-5-9-16;1-3-2/h1-10,13-14,17-19,21,31-32H,11-12H2,(H,26,27,29,33);2-11,13-15,18-19,21,31H,12H2,1H3,(H,26,27,29,32);2H,1H3/t17?,18?,19-,21-;15?,18?,19-,21-;/m11./s1/i;1T;. The molecule has 8 atom stereocenters. The number of carbonyl (C=O) groups excluding carboxylic acids is 4. The minimum atomic E-state index is -1.27. The van der Waals surface area contributed by atoms with Crippen LogP contribution in [0.15, 0.2) is 147 Å². The number of aliphatic hydroxyl groups excluding tert-OH is 3. The Morgan fingerprint density at radius 1 is 0.622 bits per heavy atom. The summed E-state index contributed by atoms with van der Waals surface area (Å²) in [5.41, 5.74) is 3.14. The summed E-state index contributed by atoms with van der Waals surface area (Å²) >= 11 is 0. The van der Waals surface area contributed by atoms with E-state index in [9.17, 15) is 34.5 Å². The number of aliphatic hydroxyl groups is 3. The van der Waals surface area contributed by atoms with Crippen LogP contribution >= 0.6 is 0 Å². The van der Waals surface area contributed by atoms with Crippen LogP contribution in [0.3, 0.4) is 0 Å². The van der Waals surface area contributed by atoms with Gasteiger partial charge in [0.15, 0.2) is 34.0 Å². The van der Waals surface area contributed by atoms with Gasteiger partial charge in [-0.15, -0.1) is 0 Å². The van der Waals surface area contributed by atoms with Gasteiger partial charge in [0.05, 0.1) is 43.6 Å². The Labute approximate surface area is 422 Å². The van der Waals surface area contributed by atoms with Crippen molar-refractivity contribution in [3.63, 3.8) is 0 Å². The van der Waals surface area contributed by atoms with Crippen molar-refractivity contribution in [2.45, 2.75) is 68.8 Å². The molecule has 382 valence electrons. The van der Waals surface area contributed by atoms with E-state index in [0.717, 1.165) is 0 Å². The van der Waals surface area contributed by atoms with Gasteiger partial charge in [-0.1, -0.05) is 72.8 Å². The predicted molar refractivity (Wildman–Crippen MR) is 262 cm³/mol. The fourth-order valence-electron chi connectivity index (χ4n) is 8.09. The molecule has 23 heteroatoms. The maximum absolute atomic E-state index is 12.6. The highest BCUT2D eigenvalue weighted by Crippen LogP contribution is 2.37. The van der Waals surface area contributed by atoms with Crippen molar-refractivity contribution >= 4 is 57.7 Å². The number of rotatable bonds is 13. The van der Waals surface area contributed by atoms with Crippen molar-refractivity contribution in [2.75, 3.05) is 24.4 Å². The number of anilines is 2. The zero-order chi connectivity index (χ0) is 52.8. The Morgan fingerprint density at radius 3 is 1.39 bits per heavy atom. The lowest BCUT2D eigenvalue weighted by Crippen LogP contribution is -2.39. The maximum atomic E-state index is 12.6. The molecule has 8 aromatic rings. The molecule has 0 aliphatic carbocycles. The first-order valence-corrected chi connectivity index (χ1v) is 22.9. The van der Waals surface area contributed by atoms with Gasteiger partial charge in [0, 0.05) is 25.3 Å². The molecular formula is C51H50N10O13. The van der Waals surface area contributed by atoms with Crippen LogP contribution in [0.2, 0.25) is 0 Å². The van der Waals surface area contributed by atoms with Crippen molar-refractivity contribution in [3.05, 3.63) is 169 Å². The van der Waals surface area contributed by atoms with Gasteiger partial charge in [0.2, 0.25) is 0 Å². The number of nitrogens with one attached hydrogen (secondary N) is 2. The van der Waals surface area contributed by atoms with E-state index in [1.54, 1.807) is 118 Å². The molecule has 6 heterocycles. The Balaban J connectivity index is 0.000000189. The molecule has 0 saturated carbocycles. The molecule has 4 aromatic heterocycles. The second-order valence-electron chi connectivity index (χ2n) is 16.4. The number of esters is 2. The summed E-state index contributed by atoms with van der Waals surface area (Å²) in [6.07, 6.45) is -1.35. The van der Waals surface area contributed by atoms with Gasteiger partial charge in [-0.3, -0.25) is 24.0 Å². The normalized spacial score (nSPS) is 19.9. The number of nitrogens with zero attached hydrogens (tertiary/aromatic N) is 8. The zero-order valence-electron chi connectivity index (χ0n) is 40.3. The number of fused-ring (bicyclic) bond motifs is 2. The monoisotopic (exact) mass is 1010 g/mol. The number of ether oxygens (including phenoxy) is 4. The van der Waals surface area contributed by atoms with Gasteiger partial charge < -0.3 is 44.9 Å². The van der Waals surface area contributed by atoms with Crippen molar-refractivity contribution in [3.8, 4) is 0 Å². The summed E-state index contributed by atoms with van der Waals surface area (Å²) in [6, 6.07) is 34.4. The number of benzene rings is 4. The molecule has 6 N–H and O–H groups in total. The molecule has 2 aliphatic rings. The highest BCUT2D eigenvalue weighted by Gasteiger charge is 2.44. The number of aromatic nitrogens is 8. The first-order valence-electron chi connectivity index (χ1n) is 23.6. The number of amides is 2. The van der Waals surface area contributed by atoms with E-state index >= 15 is 0 Å². The minimum Gasteiger partial charge on any atom is -0.456 e. The quantitative estimate of drug-likeness (QED) is 0.0501. The predicted octanol–water partition coefficient (Wildman–Crippen LogP) is 5.02. The molecule has 2 amide bonds. The first kappa shape index (κ1) is 50.5. The number of carbonyl (C=O) groups is 4. The van der Waals surface area contributed by atoms with Crippen LogP contribution in [0.1, 0.15) is 75.0 Å². The summed E-state index contributed by atoms with van der Waals surface area (Å²) < 4.78 is 34.2. The molecule has 2 saturated heterocycles. The molecule has 4 unspecified atom stereocenters. The summed E-state index contributed by atoms with van der Waals surface area (Å²) in [7, 11) is 1.18. The fourth-order valence-corrected chi connectivity index (χ4v) is 8.09. The van der Waals surface area contributed by atoms with Crippen LogP contribution in [-0.2, 0) is 23.8 Å². The number of hydrogen-bond acceptors (Lipinski definition) is 19. The molecule has 4 aromatic carbocycles. The molecule has 0 spiro atoms. The van der Waals surface area contributed by atoms with Crippen molar-refractivity contribution < 1.29 is 65.0 Å². The average molecular weight is 1010 g/mol. The molecule has 23 nitrogen and oxygen atoms in total. The van der Waals surface area contributed by atoms with E-state index in [2.05, 4.69) is 45.4 Å². The number of hydrogen-bond donors (Lipinski definition) is 6. The van der Waals surface area contributed by atoms with Gasteiger partial charge >= 0.3 is 11.9 Å². The van der Waals surface area contributed by atoms with Gasteiger partial charge in [-0.05, 0) is 55.4 Å². The Kier molecular flexibility index (Phi) is 16.6. The van der Waals surface area contributed by atoms with E-state index < -0.39 is 67.6 Å². The fraction of sp³-hybridized carbons (Fsp3) is 0.255. The first-order chi connectivity index (χ1) is 36.5. The van der Waals surface area contributed by atoms with Gasteiger partial charge in [-0.2, -0.15) is 0 Å². The lowest BCUT2D eigenvalue weighted by molar-refractivity contribution is -0.214. The van der Waals surface area contributed by atoms with Crippen LogP contribution in [-0.4, -0.2) is 134 Å². The second kappa shape index (κ2) is 24.3. The zero-order valence-corrected chi connectivity index (χ0v) is 39.3. The van der Waals surface area contributed by atoms with E-state index in [-0.39, 0.29) is 43.2 Å². The van der Waals surface area contributed by atoms with Crippen molar-refractivity contribution in [1.29, 1.82) is 0 Å². The smallest absolute Gasteiger partial charge is 0.338 e. The minimum absolute atomic E-state index is 0.182. The Bertz CT molecular complexity index is 2970. The maximum Gasteiger partial charge on any atom is 0.338 e. The Morgan fingerprint density at radius 2 is 1.00 bits per heavy atom. The van der Waals surface area contributed by atoms with Gasteiger partial charge in [-0.25, -0.2) is 44.4 Å². The molecule has 2 fully saturated rings. The van der Waals surface area contributed by atoms with Crippen LogP contribution in [0.4, 0.5) is 11.6 Å². The van der Waals surface area contributed by atoms with Crippen molar-refractivity contribution in [2.24, 2.45) is 0 Å². The lowest BCUT2D eigenvalue weighted by Gasteiger charge is -2.22. The summed E-state index contributed by atoms with van der Waals surface area (Å²) in [4.78, 5) is 79.4. The third-order valence-electron chi connectivity index (χ3n) is 11.6. The third-order valence-corrected chi connectivity index (χ3v) is 11.6. The lowest BCUT2D eigenvalue weighted by atomic mass is 10.1. The molecule has 2 aliphatic heterocycles. The summed E-state index contributed by atoms with van der Waals surface area (Å²) in [5, 5.41) is 42.8. The van der Waals surface area contributed by atoms with E-state index in [4.69, 9.17) is 25.6 Å². The van der Waals surface area contributed by atoms with Crippen molar-refractivity contribution in [1.82, 2.24) is 39.0 Å². The molecule has 0 radical (unpaired) electrons. The third kappa shape index (κ3) is 12.1. The van der Waals surface area contributed by atoms with Crippen LogP contribution < -0.4 is 10.6 Å². The number of imidazole rings is 2. The van der Waals surface area contributed by atoms with Crippen LogP contribution in [0, 0.1) is 0 Å². The SMILES string of the molecule is COO.O=C(Nc1ncnc2c1ncn2[C@H]1CC(OC(=O)c2ccccc2)[C@@H](C(O)CO)O1)c1ccccc1.[3H]CC(O)[C@H]1O[C@@H](n2cnc3c(NC(=O)c4ccccc4)ncnc32)CC1OC(=O)c1ccccc1. The molecule has 10 rings (SSSR count). The van der Waals surface area contributed by atoms with Gasteiger partial charge in [0.1, 0.15) is 55.6 Å². The highest BCUT2D eigenvalue weighted by molar-refractivity contribution is 6.07. The molecule has 74 heavy (non-hydrogen) atoms. The van der Waals surface area contributed by atoms with Crippen LogP contribution in [0.5, 0.6) is 0 Å². The summed E-state index contributed by atoms with van der Waals surface area (Å²) in [5.74, 6) is -1.33. The highest BCUT2D eigenvalue weighted by atomic mass is 17.1. The van der Waals surface area contributed by atoms with E-state index in [1.807, 2.05) is 12.1 Å². The van der Waals surface area contributed by atoms with E-state index in [1.165, 1.54) is 32.4 Å². The topological polar surface area (TPSA) is 307 Å². The molecule has 0 bridgehead atoms. The largest absolute Gasteiger partial charge is 0.456 e. The van der Waals surface area contributed by atoms with Crippen LogP contribution in [0.25, 0.3) is 22.3 Å². The summed E-state index contributed by atoms with van der Waals surface area (Å²) in [6.45, 7) is -0.890.